The topological polar surface area (TPSA) is 76.1 Å². The van der Waals surface area contributed by atoms with Crippen molar-refractivity contribution in [1.29, 1.82) is 0 Å². The molecule has 35 heavy (non-hydrogen) atoms. The van der Waals surface area contributed by atoms with Gasteiger partial charge in [-0.2, -0.15) is 0 Å². The fourth-order valence-corrected chi connectivity index (χ4v) is 6.50. The van der Waals surface area contributed by atoms with Crippen LogP contribution in [0.4, 0.5) is 5.69 Å². The molecule has 194 valence electrons. The number of carbonyl (C=O) groups is 2. The Hall–Kier alpha value is -1.70. The second kappa shape index (κ2) is 11.1. The molecule has 2 aliphatic carbocycles. The average molecular weight is 504 g/mol. The van der Waals surface area contributed by atoms with Crippen LogP contribution >= 0.6 is 11.3 Å². The van der Waals surface area contributed by atoms with E-state index in [0.717, 1.165) is 69.5 Å². The molecule has 2 heterocycles. The van der Waals surface area contributed by atoms with Gasteiger partial charge in [-0.1, -0.05) is 32.4 Å². The van der Waals surface area contributed by atoms with Crippen LogP contribution in [-0.4, -0.2) is 48.9 Å². The number of hydrogen-bond acceptors (Lipinski definition) is 5. The van der Waals surface area contributed by atoms with Crippen LogP contribution in [0.5, 0.6) is 0 Å². The molecule has 7 heteroatoms. The van der Waals surface area contributed by atoms with E-state index in [2.05, 4.69) is 33.8 Å². The summed E-state index contributed by atoms with van der Waals surface area (Å²) in [6, 6.07) is 2.01. The zero-order valence-corrected chi connectivity index (χ0v) is 22.5. The molecular weight excluding hydrogens is 462 g/mol. The van der Waals surface area contributed by atoms with Gasteiger partial charge in [-0.25, -0.2) is 4.79 Å². The van der Waals surface area contributed by atoms with Crippen molar-refractivity contribution >= 4 is 28.9 Å². The first-order valence-corrected chi connectivity index (χ1v) is 14.0. The number of aromatic carboxylic acids is 1. The van der Waals surface area contributed by atoms with Crippen molar-refractivity contribution in [3.63, 3.8) is 0 Å². The molecule has 1 unspecified atom stereocenters. The molecule has 6 nitrogen and oxygen atoms in total. The monoisotopic (exact) mass is 503 g/mol. The van der Waals surface area contributed by atoms with Gasteiger partial charge in [-0.3, -0.25) is 4.79 Å². The second-order valence-corrected chi connectivity index (χ2v) is 12.7. The lowest BCUT2D eigenvalue weighted by Gasteiger charge is -2.39. The third-order valence-corrected chi connectivity index (χ3v) is 9.31. The standard InChI is InChI=1S/C28H41NO5S/c1-18-5-9-20(10-6-18)26(30)29(23-15-24(28(2,3)4)35-25(23)27(31)32)21-11-7-19(8-12-21)16-34-22-13-14-33-17-22/h5,15,19-22H,6-14,16-17H2,1-4H3,(H,31,32)/t19-,20-,21-,22?/m0/s1. The van der Waals surface area contributed by atoms with Crippen molar-refractivity contribution < 1.29 is 24.2 Å². The van der Waals surface area contributed by atoms with Crippen LogP contribution in [0.15, 0.2) is 17.7 Å². The smallest absolute Gasteiger partial charge is 0.348 e. The highest BCUT2D eigenvalue weighted by atomic mass is 32.1. The number of carboxylic acid groups (broad SMARTS) is 1. The molecule has 2 atom stereocenters. The van der Waals surface area contributed by atoms with Gasteiger partial charge >= 0.3 is 5.97 Å². The molecule has 1 amide bonds. The highest BCUT2D eigenvalue weighted by Crippen LogP contribution is 2.42. The summed E-state index contributed by atoms with van der Waals surface area (Å²) >= 11 is 1.32. The second-order valence-electron chi connectivity index (χ2n) is 11.6. The highest BCUT2D eigenvalue weighted by Gasteiger charge is 2.37. The number of nitrogens with zero attached hydrogens (tertiary/aromatic N) is 1. The Bertz CT molecular complexity index is 932. The van der Waals surface area contributed by atoms with Crippen molar-refractivity contribution in [3.8, 4) is 0 Å². The Morgan fingerprint density at radius 1 is 1.17 bits per heavy atom. The maximum Gasteiger partial charge on any atom is 0.348 e. The summed E-state index contributed by atoms with van der Waals surface area (Å²) < 4.78 is 11.5. The van der Waals surface area contributed by atoms with Crippen LogP contribution in [0.1, 0.15) is 93.6 Å². The Morgan fingerprint density at radius 3 is 2.49 bits per heavy atom. The zero-order valence-electron chi connectivity index (χ0n) is 21.7. The third kappa shape index (κ3) is 6.36. The lowest BCUT2D eigenvalue weighted by molar-refractivity contribution is -0.123. The number of carboxylic acids is 1. The molecule has 2 fully saturated rings. The van der Waals surface area contributed by atoms with E-state index in [1.807, 2.05) is 11.0 Å². The van der Waals surface area contributed by atoms with E-state index in [4.69, 9.17) is 9.47 Å². The normalized spacial score (nSPS) is 27.5. The molecule has 0 spiro atoms. The number of anilines is 1. The number of ether oxygens (including phenoxy) is 2. The van der Waals surface area contributed by atoms with E-state index < -0.39 is 5.97 Å². The average Bonchev–Trinajstić information content (AvgIpc) is 3.49. The van der Waals surface area contributed by atoms with E-state index in [1.54, 1.807) is 0 Å². The van der Waals surface area contributed by atoms with E-state index >= 15 is 0 Å². The minimum atomic E-state index is -0.946. The van der Waals surface area contributed by atoms with Crippen molar-refractivity contribution in [2.24, 2.45) is 11.8 Å². The van der Waals surface area contributed by atoms with E-state index in [1.165, 1.54) is 16.9 Å². The van der Waals surface area contributed by atoms with Crippen molar-refractivity contribution in [2.45, 2.75) is 96.6 Å². The molecule has 1 N–H and O–H groups in total. The number of thiophene rings is 1. The van der Waals surface area contributed by atoms with Gasteiger partial charge in [-0.15, -0.1) is 11.3 Å². The number of hydrogen-bond donors (Lipinski definition) is 1. The number of allylic oxidation sites excluding steroid dienone is 2. The van der Waals surface area contributed by atoms with Gasteiger partial charge in [0.2, 0.25) is 5.91 Å². The molecule has 4 rings (SSSR count). The quantitative estimate of drug-likeness (QED) is 0.449. The Morgan fingerprint density at radius 2 is 1.91 bits per heavy atom. The summed E-state index contributed by atoms with van der Waals surface area (Å²) in [5.41, 5.74) is 1.77. The lowest BCUT2D eigenvalue weighted by atomic mass is 9.83. The molecule has 1 aromatic rings. The van der Waals surface area contributed by atoms with Gasteiger partial charge < -0.3 is 19.5 Å². The first kappa shape index (κ1) is 26.4. The summed E-state index contributed by atoms with van der Waals surface area (Å²) in [5, 5.41) is 10.1. The van der Waals surface area contributed by atoms with Gasteiger partial charge in [0.1, 0.15) is 4.88 Å². The molecule has 1 aliphatic heterocycles. The fraction of sp³-hybridized carbons (Fsp3) is 0.714. The summed E-state index contributed by atoms with van der Waals surface area (Å²) in [7, 11) is 0. The summed E-state index contributed by atoms with van der Waals surface area (Å²) in [4.78, 5) is 29.5. The number of rotatable bonds is 7. The van der Waals surface area contributed by atoms with E-state index in [9.17, 15) is 14.7 Å². The molecule has 1 aromatic heterocycles. The van der Waals surface area contributed by atoms with Gasteiger partial charge in [0, 0.05) is 30.1 Å². The van der Waals surface area contributed by atoms with Crippen LogP contribution in [0, 0.1) is 11.8 Å². The third-order valence-electron chi connectivity index (χ3n) is 7.77. The summed E-state index contributed by atoms with van der Waals surface area (Å²) in [6.07, 6.45) is 9.61. The minimum absolute atomic E-state index is 0.0288. The van der Waals surface area contributed by atoms with Crippen LogP contribution in [-0.2, 0) is 19.7 Å². The van der Waals surface area contributed by atoms with Crippen LogP contribution in [0.25, 0.3) is 0 Å². The Kier molecular flexibility index (Phi) is 8.39. The fourth-order valence-electron chi connectivity index (χ4n) is 5.45. The molecule has 0 radical (unpaired) electrons. The highest BCUT2D eigenvalue weighted by molar-refractivity contribution is 7.14. The summed E-state index contributed by atoms with van der Waals surface area (Å²) in [6.45, 7) is 10.6. The van der Waals surface area contributed by atoms with E-state index in [-0.39, 0.29) is 34.3 Å². The summed E-state index contributed by atoms with van der Waals surface area (Å²) in [5.74, 6) is -0.451. The maximum absolute atomic E-state index is 14.0. The van der Waals surface area contributed by atoms with Crippen molar-refractivity contribution in [3.05, 3.63) is 27.5 Å². The van der Waals surface area contributed by atoms with E-state index in [0.29, 0.717) is 18.2 Å². The lowest BCUT2D eigenvalue weighted by Crippen LogP contribution is -2.46. The van der Waals surface area contributed by atoms with Crippen LogP contribution in [0.2, 0.25) is 0 Å². The van der Waals surface area contributed by atoms with Crippen molar-refractivity contribution in [2.75, 3.05) is 24.7 Å². The molecular formula is C28H41NO5S. The van der Waals surface area contributed by atoms with Gasteiger partial charge in [-0.05, 0) is 75.7 Å². The van der Waals surface area contributed by atoms with Gasteiger partial charge in [0.25, 0.3) is 0 Å². The zero-order chi connectivity index (χ0) is 25.2. The maximum atomic E-state index is 14.0. The first-order valence-electron chi connectivity index (χ1n) is 13.2. The predicted octanol–water partition coefficient (Wildman–Crippen LogP) is 6.19. The van der Waals surface area contributed by atoms with Gasteiger partial charge in [0.05, 0.1) is 18.4 Å². The minimum Gasteiger partial charge on any atom is -0.477 e. The largest absolute Gasteiger partial charge is 0.477 e. The Labute approximate surface area is 213 Å². The first-order chi connectivity index (χ1) is 16.6. The van der Waals surface area contributed by atoms with Crippen LogP contribution in [0.3, 0.4) is 0 Å². The Balaban J connectivity index is 1.55. The number of carbonyl (C=O) groups excluding carboxylic acids is 1. The predicted molar refractivity (Wildman–Crippen MR) is 139 cm³/mol. The SMILES string of the molecule is CC1=CC[C@H](C(=O)N(c2cc(C(C)(C)C)sc2C(=O)O)[C@H]2CC[C@H](COC3CCOC3)CC2)CC1. The van der Waals surface area contributed by atoms with Crippen LogP contribution < -0.4 is 4.90 Å². The molecule has 0 bridgehead atoms. The molecule has 3 aliphatic rings. The molecule has 0 aromatic carbocycles. The van der Waals surface area contributed by atoms with Crippen molar-refractivity contribution in [1.82, 2.24) is 0 Å². The van der Waals surface area contributed by atoms with Gasteiger partial charge in [0.15, 0.2) is 0 Å². The number of amides is 1. The molecule has 1 saturated heterocycles. The molecule has 1 saturated carbocycles.